The van der Waals surface area contributed by atoms with Gasteiger partial charge in [-0.2, -0.15) is 0 Å². The first-order chi connectivity index (χ1) is 9.65. The monoisotopic (exact) mass is 276 g/mol. The Labute approximate surface area is 114 Å². The van der Waals surface area contributed by atoms with E-state index in [4.69, 9.17) is 9.15 Å². The van der Waals surface area contributed by atoms with Gasteiger partial charge in [0.25, 0.3) is 5.95 Å². The minimum atomic E-state index is -0.610. The van der Waals surface area contributed by atoms with Crippen molar-refractivity contribution in [1.29, 1.82) is 0 Å². The first-order valence-corrected chi connectivity index (χ1v) is 5.69. The molecule has 2 rings (SSSR count). The van der Waals surface area contributed by atoms with Crippen LogP contribution < -0.4 is 4.74 Å². The van der Waals surface area contributed by atoms with E-state index in [9.17, 15) is 9.59 Å². The fourth-order valence-corrected chi connectivity index (χ4v) is 1.53. The number of carbonyl (C=O) groups excluding carboxylic acids is 2. The lowest BCUT2D eigenvalue weighted by molar-refractivity contribution is 0.0555. The Morgan fingerprint density at radius 2 is 1.65 bits per heavy atom. The van der Waals surface area contributed by atoms with E-state index in [1.54, 1.807) is 24.3 Å². The van der Waals surface area contributed by atoms with Crippen molar-refractivity contribution in [3.05, 3.63) is 47.7 Å². The van der Waals surface area contributed by atoms with Crippen molar-refractivity contribution in [3.8, 4) is 11.7 Å². The number of rotatable bonds is 4. The number of ether oxygens (including phenoxy) is 3. The van der Waals surface area contributed by atoms with Crippen LogP contribution in [0, 0.1) is 0 Å². The van der Waals surface area contributed by atoms with Crippen LogP contribution in [0.15, 0.2) is 40.8 Å². The fourth-order valence-electron chi connectivity index (χ4n) is 1.53. The van der Waals surface area contributed by atoms with Crippen LogP contribution in [0.1, 0.15) is 20.9 Å². The normalized spacial score (nSPS) is 9.90. The molecule has 0 N–H and O–H groups in total. The SMILES string of the molecule is COC(=O)c1ccc(Oc2ccccc2C(=O)OC)o1. The van der Waals surface area contributed by atoms with Gasteiger partial charge in [-0.3, -0.25) is 0 Å². The van der Waals surface area contributed by atoms with Crippen LogP contribution in [0.4, 0.5) is 0 Å². The third kappa shape index (κ3) is 2.80. The Kier molecular flexibility index (Phi) is 4.05. The number of hydrogen-bond acceptors (Lipinski definition) is 6. The topological polar surface area (TPSA) is 75.0 Å². The summed E-state index contributed by atoms with van der Waals surface area (Å²) in [5.74, 6) is -0.786. The van der Waals surface area contributed by atoms with Gasteiger partial charge in [0, 0.05) is 6.07 Å². The molecule has 0 aliphatic rings. The molecule has 1 heterocycles. The van der Waals surface area contributed by atoms with E-state index in [0.717, 1.165) is 0 Å². The molecule has 104 valence electrons. The fraction of sp³-hybridized carbons (Fsp3) is 0.143. The van der Waals surface area contributed by atoms with E-state index < -0.39 is 11.9 Å². The number of benzene rings is 1. The Morgan fingerprint density at radius 3 is 2.35 bits per heavy atom. The van der Waals surface area contributed by atoms with E-state index in [2.05, 4.69) is 9.47 Å². The van der Waals surface area contributed by atoms with Gasteiger partial charge in [0.15, 0.2) is 0 Å². The lowest BCUT2D eigenvalue weighted by Crippen LogP contribution is -2.03. The Balaban J connectivity index is 2.24. The number of esters is 2. The lowest BCUT2D eigenvalue weighted by atomic mass is 10.2. The summed E-state index contributed by atoms with van der Waals surface area (Å²) in [5.41, 5.74) is 0.256. The summed E-state index contributed by atoms with van der Waals surface area (Å²) in [6.07, 6.45) is 0. The highest BCUT2D eigenvalue weighted by Crippen LogP contribution is 2.27. The summed E-state index contributed by atoms with van der Waals surface area (Å²) in [5, 5.41) is 0. The van der Waals surface area contributed by atoms with Gasteiger partial charge in [0.1, 0.15) is 11.3 Å². The van der Waals surface area contributed by atoms with E-state index in [1.165, 1.54) is 26.4 Å². The molecule has 1 aromatic heterocycles. The summed E-state index contributed by atoms with van der Waals surface area (Å²) < 4.78 is 19.8. The predicted octanol–water partition coefficient (Wildman–Crippen LogP) is 2.65. The minimum Gasteiger partial charge on any atom is -0.465 e. The molecule has 20 heavy (non-hydrogen) atoms. The van der Waals surface area contributed by atoms with Crippen molar-refractivity contribution in [2.75, 3.05) is 14.2 Å². The van der Waals surface area contributed by atoms with Crippen LogP contribution in [-0.2, 0) is 9.47 Å². The van der Waals surface area contributed by atoms with Crippen LogP contribution in [-0.4, -0.2) is 26.2 Å². The Morgan fingerprint density at radius 1 is 0.950 bits per heavy atom. The van der Waals surface area contributed by atoms with Crippen molar-refractivity contribution >= 4 is 11.9 Å². The molecule has 0 unspecified atom stereocenters. The van der Waals surface area contributed by atoms with E-state index in [-0.39, 0.29) is 23.0 Å². The van der Waals surface area contributed by atoms with Crippen LogP contribution in [0.3, 0.4) is 0 Å². The minimum absolute atomic E-state index is 0.0121. The van der Waals surface area contributed by atoms with Crippen molar-refractivity contribution in [1.82, 2.24) is 0 Å². The zero-order valence-electron chi connectivity index (χ0n) is 10.9. The van der Waals surface area contributed by atoms with E-state index in [0.29, 0.717) is 0 Å². The molecule has 0 atom stereocenters. The van der Waals surface area contributed by atoms with Gasteiger partial charge in [-0.15, -0.1) is 0 Å². The van der Waals surface area contributed by atoms with E-state index >= 15 is 0 Å². The summed E-state index contributed by atoms with van der Waals surface area (Å²) in [7, 11) is 2.53. The van der Waals surface area contributed by atoms with Gasteiger partial charge in [0.05, 0.1) is 14.2 Å². The average Bonchev–Trinajstić information content (AvgIpc) is 2.94. The van der Waals surface area contributed by atoms with Gasteiger partial charge in [-0.05, 0) is 18.2 Å². The molecule has 2 aromatic rings. The zero-order valence-corrected chi connectivity index (χ0v) is 10.9. The van der Waals surface area contributed by atoms with Crippen molar-refractivity contribution < 1.29 is 28.2 Å². The molecular formula is C14H12O6. The van der Waals surface area contributed by atoms with Gasteiger partial charge in [-0.25, -0.2) is 9.59 Å². The van der Waals surface area contributed by atoms with Crippen LogP contribution in [0.25, 0.3) is 0 Å². The molecule has 6 heteroatoms. The van der Waals surface area contributed by atoms with Crippen LogP contribution in [0.5, 0.6) is 11.7 Å². The summed E-state index contributed by atoms with van der Waals surface area (Å²) in [6.45, 7) is 0. The average molecular weight is 276 g/mol. The molecule has 0 aliphatic heterocycles. The summed E-state index contributed by atoms with van der Waals surface area (Å²) >= 11 is 0. The third-order valence-corrected chi connectivity index (χ3v) is 2.47. The summed E-state index contributed by atoms with van der Waals surface area (Å²) in [4.78, 5) is 22.8. The molecule has 6 nitrogen and oxygen atoms in total. The Hall–Kier alpha value is -2.76. The highest BCUT2D eigenvalue weighted by atomic mass is 16.6. The maximum atomic E-state index is 11.6. The number of para-hydroxylation sites is 1. The molecule has 0 saturated carbocycles. The number of hydrogen-bond donors (Lipinski definition) is 0. The quantitative estimate of drug-likeness (QED) is 0.799. The first-order valence-electron chi connectivity index (χ1n) is 5.69. The number of furan rings is 1. The molecule has 0 spiro atoms. The second kappa shape index (κ2) is 5.92. The zero-order chi connectivity index (χ0) is 14.5. The van der Waals surface area contributed by atoms with Crippen molar-refractivity contribution in [2.24, 2.45) is 0 Å². The highest BCUT2D eigenvalue weighted by Gasteiger charge is 2.16. The predicted molar refractivity (Wildman–Crippen MR) is 67.9 cm³/mol. The van der Waals surface area contributed by atoms with Crippen molar-refractivity contribution in [2.45, 2.75) is 0 Å². The van der Waals surface area contributed by atoms with Crippen molar-refractivity contribution in [3.63, 3.8) is 0 Å². The largest absolute Gasteiger partial charge is 0.465 e. The van der Waals surface area contributed by atoms with E-state index in [1.807, 2.05) is 0 Å². The lowest BCUT2D eigenvalue weighted by Gasteiger charge is -2.06. The Bertz CT molecular complexity index is 628. The smallest absolute Gasteiger partial charge is 0.374 e. The standard InChI is InChI=1S/C14H12O6/c1-17-13(15)9-5-3-4-6-10(9)19-12-8-7-11(20-12)14(16)18-2/h3-8H,1-2H3. The van der Waals surface area contributed by atoms with Gasteiger partial charge in [0.2, 0.25) is 5.76 Å². The number of carbonyl (C=O) groups is 2. The van der Waals surface area contributed by atoms with Gasteiger partial charge >= 0.3 is 11.9 Å². The number of methoxy groups -OCH3 is 2. The molecular weight excluding hydrogens is 264 g/mol. The third-order valence-electron chi connectivity index (χ3n) is 2.47. The molecule has 0 saturated heterocycles. The van der Waals surface area contributed by atoms with Gasteiger partial charge < -0.3 is 18.6 Å². The van der Waals surface area contributed by atoms with Crippen LogP contribution in [0.2, 0.25) is 0 Å². The molecule has 0 radical (unpaired) electrons. The summed E-state index contributed by atoms with van der Waals surface area (Å²) in [6, 6.07) is 9.41. The second-order valence-corrected chi connectivity index (χ2v) is 3.70. The van der Waals surface area contributed by atoms with Crippen LogP contribution >= 0.6 is 0 Å². The second-order valence-electron chi connectivity index (χ2n) is 3.70. The highest BCUT2D eigenvalue weighted by molar-refractivity contribution is 5.92. The molecule has 0 fully saturated rings. The molecule has 1 aromatic carbocycles. The first kappa shape index (κ1) is 13.7. The maximum Gasteiger partial charge on any atom is 0.374 e. The molecule has 0 aliphatic carbocycles. The van der Waals surface area contributed by atoms with Gasteiger partial charge in [-0.1, -0.05) is 12.1 Å². The maximum absolute atomic E-state index is 11.6. The molecule has 0 bridgehead atoms. The molecule has 0 amide bonds.